The molecule has 7 N–H and O–H groups in total. The zero-order valence-electron chi connectivity index (χ0n) is 18.8. The lowest BCUT2D eigenvalue weighted by atomic mass is 10.1. The van der Waals surface area contributed by atoms with E-state index >= 15 is 0 Å². The number of H-pyrrole nitrogens is 1. The summed E-state index contributed by atoms with van der Waals surface area (Å²) in [5.74, 6) is -3.12. The number of aliphatic carboxylic acids is 1. The fourth-order valence-electron chi connectivity index (χ4n) is 4.49. The highest BCUT2D eigenvalue weighted by Crippen LogP contribution is 2.26. The first-order chi connectivity index (χ1) is 16.2. The van der Waals surface area contributed by atoms with Gasteiger partial charge in [0.2, 0.25) is 23.6 Å². The highest BCUT2D eigenvalue weighted by atomic mass is 16.4. The maximum absolute atomic E-state index is 13.5. The lowest BCUT2D eigenvalue weighted by Gasteiger charge is -2.32. The number of aromatic nitrogens is 2. The molecule has 13 heteroatoms. The van der Waals surface area contributed by atoms with Crippen molar-refractivity contribution in [2.24, 2.45) is 11.5 Å². The van der Waals surface area contributed by atoms with Crippen LogP contribution in [0.15, 0.2) is 12.5 Å². The van der Waals surface area contributed by atoms with Crippen LogP contribution >= 0.6 is 0 Å². The van der Waals surface area contributed by atoms with Crippen LogP contribution in [0.4, 0.5) is 0 Å². The number of likely N-dealkylation sites (tertiary alicyclic amines) is 2. The Kier molecular flexibility index (Phi) is 8.21. The van der Waals surface area contributed by atoms with Gasteiger partial charge in [0.25, 0.3) is 0 Å². The van der Waals surface area contributed by atoms with Crippen molar-refractivity contribution >= 4 is 29.6 Å². The Labute approximate surface area is 196 Å². The molecule has 0 bridgehead atoms. The number of hydrogen-bond acceptors (Lipinski definition) is 7. The van der Waals surface area contributed by atoms with Crippen LogP contribution in [-0.2, 0) is 30.4 Å². The minimum absolute atomic E-state index is 0.0303. The van der Waals surface area contributed by atoms with Crippen molar-refractivity contribution in [3.63, 3.8) is 0 Å². The summed E-state index contributed by atoms with van der Waals surface area (Å²) in [6, 6.07) is -3.76. The molecule has 4 unspecified atom stereocenters. The number of primary amides is 1. The molecule has 0 aliphatic carbocycles. The summed E-state index contributed by atoms with van der Waals surface area (Å²) in [4.78, 5) is 71.5. The molecule has 1 aromatic rings. The molecular formula is C21H31N7O6. The molecule has 2 fully saturated rings. The summed E-state index contributed by atoms with van der Waals surface area (Å²) in [6.07, 6.45) is 4.97. The third-order valence-electron chi connectivity index (χ3n) is 6.27. The van der Waals surface area contributed by atoms with Crippen LogP contribution in [-0.4, -0.2) is 91.7 Å². The molecule has 0 spiro atoms. The second-order valence-corrected chi connectivity index (χ2v) is 8.67. The molecule has 2 saturated heterocycles. The largest absolute Gasteiger partial charge is 0.480 e. The SMILES string of the molecule is NC(=O)CCC(N)C(=O)NC(Cc1cnc[nH]1)C(=O)N1CCCC1C(=O)N1CCCC1C(=O)O. The number of nitrogens with two attached hydrogens (primary N) is 2. The van der Waals surface area contributed by atoms with Gasteiger partial charge in [0, 0.05) is 37.8 Å². The molecule has 186 valence electrons. The fraction of sp³-hybridized carbons (Fsp3) is 0.619. The van der Waals surface area contributed by atoms with E-state index in [1.807, 2.05) is 0 Å². The number of carbonyl (C=O) groups is 5. The molecule has 2 aliphatic heterocycles. The molecular weight excluding hydrogens is 446 g/mol. The van der Waals surface area contributed by atoms with E-state index in [-0.39, 0.29) is 25.2 Å². The van der Waals surface area contributed by atoms with E-state index in [9.17, 15) is 29.1 Å². The minimum Gasteiger partial charge on any atom is -0.480 e. The predicted octanol–water partition coefficient (Wildman–Crippen LogP) is -1.90. The summed E-state index contributed by atoms with van der Waals surface area (Å²) in [6.45, 7) is 0.640. The third-order valence-corrected chi connectivity index (χ3v) is 6.27. The fourth-order valence-corrected chi connectivity index (χ4v) is 4.49. The number of carbonyl (C=O) groups excluding carboxylic acids is 4. The second-order valence-electron chi connectivity index (χ2n) is 8.67. The average molecular weight is 478 g/mol. The highest BCUT2D eigenvalue weighted by molar-refractivity contribution is 5.95. The molecule has 4 amide bonds. The summed E-state index contributed by atoms with van der Waals surface area (Å²) in [5.41, 5.74) is 11.6. The first-order valence-electron chi connectivity index (χ1n) is 11.3. The van der Waals surface area contributed by atoms with E-state index in [0.29, 0.717) is 44.5 Å². The molecule has 0 aromatic carbocycles. The second kappa shape index (κ2) is 11.1. The van der Waals surface area contributed by atoms with Crippen molar-refractivity contribution in [3.05, 3.63) is 18.2 Å². The quantitative estimate of drug-likeness (QED) is 0.257. The predicted molar refractivity (Wildman–Crippen MR) is 118 cm³/mol. The molecule has 0 saturated carbocycles. The summed E-state index contributed by atoms with van der Waals surface area (Å²) < 4.78 is 0. The summed E-state index contributed by atoms with van der Waals surface area (Å²) in [5, 5.41) is 12.1. The Morgan fingerprint density at radius 2 is 1.82 bits per heavy atom. The molecule has 34 heavy (non-hydrogen) atoms. The number of amides is 4. The average Bonchev–Trinajstić information content (AvgIpc) is 3.57. The van der Waals surface area contributed by atoms with Crippen molar-refractivity contribution < 1.29 is 29.1 Å². The van der Waals surface area contributed by atoms with E-state index in [1.54, 1.807) is 0 Å². The van der Waals surface area contributed by atoms with Crippen LogP contribution in [0.5, 0.6) is 0 Å². The van der Waals surface area contributed by atoms with Gasteiger partial charge in [-0.25, -0.2) is 9.78 Å². The monoisotopic (exact) mass is 477 g/mol. The Balaban J connectivity index is 1.75. The third kappa shape index (κ3) is 5.90. The maximum Gasteiger partial charge on any atom is 0.326 e. The van der Waals surface area contributed by atoms with Gasteiger partial charge in [-0.2, -0.15) is 0 Å². The lowest BCUT2D eigenvalue weighted by molar-refractivity contribution is -0.152. The lowest BCUT2D eigenvalue weighted by Crippen LogP contribution is -2.57. The number of nitrogens with one attached hydrogen (secondary N) is 2. The van der Waals surface area contributed by atoms with Gasteiger partial charge in [-0.05, 0) is 32.1 Å². The summed E-state index contributed by atoms with van der Waals surface area (Å²) in [7, 11) is 0. The van der Waals surface area contributed by atoms with Gasteiger partial charge in [0.1, 0.15) is 18.1 Å². The van der Waals surface area contributed by atoms with Crippen LogP contribution in [0.2, 0.25) is 0 Å². The number of imidazole rings is 1. The zero-order chi connectivity index (χ0) is 24.8. The number of nitrogens with zero attached hydrogens (tertiary/aromatic N) is 3. The van der Waals surface area contributed by atoms with Gasteiger partial charge >= 0.3 is 5.97 Å². The van der Waals surface area contributed by atoms with E-state index in [0.717, 1.165) is 0 Å². The minimum atomic E-state index is -1.06. The number of aromatic amines is 1. The Bertz CT molecular complexity index is 921. The molecule has 0 radical (unpaired) electrons. The van der Waals surface area contributed by atoms with Gasteiger partial charge in [-0.15, -0.1) is 0 Å². The summed E-state index contributed by atoms with van der Waals surface area (Å²) >= 11 is 0. The van der Waals surface area contributed by atoms with Crippen molar-refractivity contribution in [1.82, 2.24) is 25.1 Å². The number of carboxylic acid groups (broad SMARTS) is 1. The Morgan fingerprint density at radius 1 is 1.15 bits per heavy atom. The highest BCUT2D eigenvalue weighted by Gasteiger charge is 2.43. The topological polar surface area (TPSA) is 205 Å². The van der Waals surface area contributed by atoms with Crippen molar-refractivity contribution in [3.8, 4) is 0 Å². The molecule has 2 aliphatic rings. The van der Waals surface area contributed by atoms with Crippen LogP contribution in [0, 0.1) is 0 Å². The molecule has 3 rings (SSSR count). The molecule has 3 heterocycles. The Hall–Kier alpha value is -3.48. The van der Waals surface area contributed by atoms with Gasteiger partial charge in [-0.1, -0.05) is 0 Å². The number of hydrogen-bond donors (Lipinski definition) is 5. The van der Waals surface area contributed by atoms with Crippen molar-refractivity contribution in [2.45, 2.75) is 69.1 Å². The van der Waals surface area contributed by atoms with Gasteiger partial charge < -0.3 is 36.7 Å². The molecule has 4 atom stereocenters. The van der Waals surface area contributed by atoms with E-state index < -0.39 is 47.9 Å². The number of rotatable bonds is 10. The standard InChI is InChI=1S/C21H31N7O6/c22-13(5-6-17(23)29)18(30)26-14(9-12-10-24-11-25-12)19(31)27-7-1-3-15(27)20(32)28-8-2-4-16(28)21(33)34/h10-11,13-16H,1-9,22H2,(H2,23,29)(H,24,25)(H,26,30)(H,33,34). The first-order valence-corrected chi connectivity index (χ1v) is 11.3. The Morgan fingerprint density at radius 3 is 2.44 bits per heavy atom. The van der Waals surface area contributed by atoms with Gasteiger partial charge in [0.05, 0.1) is 12.4 Å². The molecule has 1 aromatic heterocycles. The number of carboxylic acids is 1. The zero-order valence-corrected chi connectivity index (χ0v) is 18.8. The van der Waals surface area contributed by atoms with Gasteiger partial charge in [0.15, 0.2) is 0 Å². The van der Waals surface area contributed by atoms with Crippen LogP contribution in [0.25, 0.3) is 0 Å². The van der Waals surface area contributed by atoms with Gasteiger partial charge in [-0.3, -0.25) is 19.2 Å². The normalized spacial score (nSPS) is 21.8. The van der Waals surface area contributed by atoms with Crippen molar-refractivity contribution in [1.29, 1.82) is 0 Å². The van der Waals surface area contributed by atoms with Crippen LogP contribution in [0.1, 0.15) is 44.2 Å². The van der Waals surface area contributed by atoms with Crippen molar-refractivity contribution in [2.75, 3.05) is 13.1 Å². The smallest absolute Gasteiger partial charge is 0.326 e. The van der Waals surface area contributed by atoms with Crippen LogP contribution < -0.4 is 16.8 Å². The first kappa shape index (κ1) is 25.1. The maximum atomic E-state index is 13.5. The van der Waals surface area contributed by atoms with E-state index in [2.05, 4.69) is 15.3 Å². The van der Waals surface area contributed by atoms with E-state index in [4.69, 9.17) is 11.5 Å². The van der Waals surface area contributed by atoms with Crippen LogP contribution in [0.3, 0.4) is 0 Å². The van der Waals surface area contributed by atoms with E-state index in [1.165, 1.54) is 22.3 Å². The molecule has 13 nitrogen and oxygen atoms in total.